The number of nitrogens with one attached hydrogen (secondary N) is 1. The predicted octanol–water partition coefficient (Wildman–Crippen LogP) is 2.85. The first kappa shape index (κ1) is 26.9. The third-order valence-electron chi connectivity index (χ3n) is 4.41. The van der Waals surface area contributed by atoms with Crippen molar-refractivity contribution in [3.63, 3.8) is 0 Å². The minimum atomic E-state index is -1.12. The van der Waals surface area contributed by atoms with Gasteiger partial charge in [-0.05, 0) is 51.3 Å². The molecule has 0 saturated heterocycles. The third kappa shape index (κ3) is 9.78. The van der Waals surface area contributed by atoms with Crippen LogP contribution >= 0.6 is 0 Å². The number of aliphatic carboxylic acids is 1. The van der Waals surface area contributed by atoms with Crippen molar-refractivity contribution < 1.29 is 43.2 Å². The molecule has 0 amide bonds. The summed E-state index contributed by atoms with van der Waals surface area (Å²) in [6, 6.07) is 3.40. The summed E-state index contributed by atoms with van der Waals surface area (Å²) < 4.78 is 20.4. The lowest BCUT2D eigenvalue weighted by atomic mass is 10.0. The number of carbonyl (C=O) groups excluding carboxylic acids is 3. The van der Waals surface area contributed by atoms with E-state index in [2.05, 4.69) is 5.32 Å². The maximum atomic E-state index is 11.9. The van der Waals surface area contributed by atoms with Crippen LogP contribution in [0.4, 0.5) is 4.79 Å². The minimum absolute atomic E-state index is 0.00678. The molecule has 0 bridgehead atoms. The number of hydrogen-bond donors (Lipinski definition) is 2. The van der Waals surface area contributed by atoms with Crippen molar-refractivity contribution in [2.45, 2.75) is 72.1 Å². The smallest absolute Gasteiger partial charge is 0.480 e. The summed E-state index contributed by atoms with van der Waals surface area (Å²) in [5.74, 6) is -2.28. The molecule has 1 aromatic rings. The van der Waals surface area contributed by atoms with E-state index in [9.17, 15) is 24.3 Å². The monoisotopic (exact) mass is 453 g/mol. The highest BCUT2D eigenvalue weighted by molar-refractivity contribution is 5.75. The van der Waals surface area contributed by atoms with E-state index in [-0.39, 0.29) is 24.5 Å². The van der Waals surface area contributed by atoms with Gasteiger partial charge >= 0.3 is 24.1 Å². The molecule has 0 saturated carbocycles. The van der Waals surface area contributed by atoms with Crippen LogP contribution in [0.1, 0.15) is 53.5 Å². The zero-order chi connectivity index (χ0) is 24.5. The molecule has 0 aliphatic rings. The van der Waals surface area contributed by atoms with Crippen LogP contribution in [0.3, 0.4) is 0 Å². The van der Waals surface area contributed by atoms with E-state index in [1.807, 2.05) is 6.92 Å². The maximum Gasteiger partial charge on any atom is 0.509 e. The zero-order valence-corrected chi connectivity index (χ0v) is 19.2. The lowest BCUT2D eigenvalue weighted by Crippen LogP contribution is -2.43. The van der Waals surface area contributed by atoms with Crippen molar-refractivity contribution in [1.29, 1.82) is 0 Å². The zero-order valence-electron chi connectivity index (χ0n) is 19.2. The molecular weight excluding hydrogens is 422 g/mol. The second-order valence-corrected chi connectivity index (χ2v) is 7.87. The number of esters is 2. The number of carboxylic acids is 1. The Bertz CT molecular complexity index is 835. The van der Waals surface area contributed by atoms with Gasteiger partial charge in [0, 0.05) is 20.4 Å². The molecular formula is C22H31NO9. The third-order valence-corrected chi connectivity index (χ3v) is 4.41. The Morgan fingerprint density at radius 1 is 1.06 bits per heavy atom. The summed E-state index contributed by atoms with van der Waals surface area (Å²) in [4.78, 5) is 46.1. The molecule has 2 atom stereocenters. The van der Waals surface area contributed by atoms with E-state index in [1.54, 1.807) is 26.8 Å². The van der Waals surface area contributed by atoms with Gasteiger partial charge < -0.3 is 29.4 Å². The Balaban J connectivity index is 2.80. The van der Waals surface area contributed by atoms with Gasteiger partial charge in [-0.3, -0.25) is 14.4 Å². The summed E-state index contributed by atoms with van der Waals surface area (Å²) in [5.41, 5.74) is -0.138. The number of carboxylic acid groups (broad SMARTS) is 1. The first-order chi connectivity index (χ1) is 14.8. The largest absolute Gasteiger partial charge is 0.509 e. The van der Waals surface area contributed by atoms with Crippen LogP contribution < -0.4 is 14.8 Å². The number of ether oxygens (including phenoxy) is 4. The Morgan fingerprint density at radius 3 is 2.19 bits per heavy atom. The normalized spacial score (nSPS) is 12.9. The van der Waals surface area contributed by atoms with Crippen molar-refractivity contribution in [3.8, 4) is 11.5 Å². The number of carbonyl (C=O) groups is 4. The molecule has 10 nitrogen and oxygen atoms in total. The second kappa shape index (κ2) is 12.0. The average Bonchev–Trinajstić information content (AvgIpc) is 2.65. The molecule has 32 heavy (non-hydrogen) atoms. The molecule has 0 aromatic heterocycles. The minimum Gasteiger partial charge on any atom is -0.480 e. The van der Waals surface area contributed by atoms with Gasteiger partial charge in [-0.1, -0.05) is 13.0 Å². The first-order valence-electron chi connectivity index (χ1n) is 10.2. The lowest BCUT2D eigenvalue weighted by molar-refractivity contribution is -0.139. The molecule has 10 heteroatoms. The second-order valence-electron chi connectivity index (χ2n) is 7.87. The fourth-order valence-corrected chi connectivity index (χ4v) is 2.47. The van der Waals surface area contributed by atoms with E-state index in [0.717, 1.165) is 0 Å². The number of benzene rings is 1. The van der Waals surface area contributed by atoms with Crippen LogP contribution in [-0.2, 0) is 30.3 Å². The summed E-state index contributed by atoms with van der Waals surface area (Å²) >= 11 is 0. The molecule has 0 radical (unpaired) electrons. The van der Waals surface area contributed by atoms with Crippen molar-refractivity contribution in [2.75, 3.05) is 6.54 Å². The fraction of sp³-hybridized carbons (Fsp3) is 0.545. The quantitative estimate of drug-likeness (QED) is 0.380. The van der Waals surface area contributed by atoms with Crippen molar-refractivity contribution >= 4 is 24.1 Å². The van der Waals surface area contributed by atoms with E-state index < -0.39 is 41.8 Å². The van der Waals surface area contributed by atoms with Crippen LogP contribution in [-0.4, -0.2) is 53.5 Å². The van der Waals surface area contributed by atoms with Gasteiger partial charge in [0.1, 0.15) is 17.7 Å². The SMILES string of the molecule is CCC(C)(C)OC(=O)OC(C)CN[C@@H](Cc1ccc(OC(C)=O)c(OC(C)=O)c1)C(=O)O. The van der Waals surface area contributed by atoms with Crippen molar-refractivity contribution in [1.82, 2.24) is 5.32 Å². The molecule has 178 valence electrons. The molecule has 0 fully saturated rings. The van der Waals surface area contributed by atoms with Gasteiger partial charge in [0.05, 0.1) is 0 Å². The van der Waals surface area contributed by atoms with Crippen molar-refractivity contribution in [2.24, 2.45) is 0 Å². The van der Waals surface area contributed by atoms with Crippen LogP contribution in [0.15, 0.2) is 18.2 Å². The summed E-state index contributed by atoms with van der Waals surface area (Å²) in [6.07, 6.45) is -0.823. The van der Waals surface area contributed by atoms with E-state index in [0.29, 0.717) is 12.0 Å². The fourth-order valence-electron chi connectivity index (χ4n) is 2.47. The number of hydrogen-bond acceptors (Lipinski definition) is 9. The molecule has 0 aliphatic heterocycles. The van der Waals surface area contributed by atoms with Gasteiger partial charge in [-0.15, -0.1) is 0 Å². The highest BCUT2D eigenvalue weighted by atomic mass is 16.7. The van der Waals surface area contributed by atoms with E-state index in [1.165, 1.54) is 26.0 Å². The van der Waals surface area contributed by atoms with Gasteiger partial charge in [-0.2, -0.15) is 0 Å². The molecule has 1 unspecified atom stereocenters. The highest BCUT2D eigenvalue weighted by Gasteiger charge is 2.24. The Labute approximate surface area is 187 Å². The Kier molecular flexibility index (Phi) is 10.1. The highest BCUT2D eigenvalue weighted by Crippen LogP contribution is 2.29. The van der Waals surface area contributed by atoms with E-state index in [4.69, 9.17) is 18.9 Å². The standard InChI is InChI=1S/C22H31NO9/c1-7-22(5,6)32-21(28)29-13(2)12-23-17(20(26)27)10-16-8-9-18(30-14(3)24)19(11-16)31-15(4)25/h8-9,11,13,17,23H,7,10,12H2,1-6H3,(H,26,27)/t13?,17-/m0/s1. The van der Waals surface area contributed by atoms with Gasteiger partial charge in [0.2, 0.25) is 0 Å². The Hall–Kier alpha value is -3.14. The molecule has 2 N–H and O–H groups in total. The maximum absolute atomic E-state index is 11.9. The molecule has 0 aliphatic carbocycles. The van der Waals surface area contributed by atoms with Gasteiger partial charge in [0.25, 0.3) is 0 Å². The summed E-state index contributed by atoms with van der Waals surface area (Å²) in [6.45, 7) is 9.47. The van der Waals surface area contributed by atoms with Gasteiger partial charge in [0.15, 0.2) is 11.5 Å². The van der Waals surface area contributed by atoms with Crippen LogP contribution in [0, 0.1) is 0 Å². The molecule has 1 rings (SSSR count). The van der Waals surface area contributed by atoms with Gasteiger partial charge in [-0.25, -0.2) is 4.79 Å². The van der Waals surface area contributed by atoms with E-state index >= 15 is 0 Å². The number of rotatable bonds is 11. The average molecular weight is 453 g/mol. The summed E-state index contributed by atoms with van der Waals surface area (Å²) in [5, 5.41) is 12.4. The first-order valence-corrected chi connectivity index (χ1v) is 10.2. The van der Waals surface area contributed by atoms with Crippen molar-refractivity contribution in [3.05, 3.63) is 23.8 Å². The molecule has 0 spiro atoms. The molecule has 1 aromatic carbocycles. The Morgan fingerprint density at radius 2 is 1.66 bits per heavy atom. The lowest BCUT2D eigenvalue weighted by Gasteiger charge is -2.24. The topological polar surface area (TPSA) is 137 Å². The predicted molar refractivity (Wildman–Crippen MR) is 114 cm³/mol. The van der Waals surface area contributed by atoms with Crippen LogP contribution in [0.2, 0.25) is 0 Å². The van der Waals surface area contributed by atoms with Crippen LogP contribution in [0.5, 0.6) is 11.5 Å². The summed E-state index contributed by atoms with van der Waals surface area (Å²) in [7, 11) is 0. The molecule has 0 heterocycles. The van der Waals surface area contributed by atoms with Crippen LogP contribution in [0.25, 0.3) is 0 Å².